The summed E-state index contributed by atoms with van der Waals surface area (Å²) >= 11 is 12.3. The second-order valence-corrected chi connectivity index (χ2v) is 10.0. The molecule has 0 aliphatic carbocycles. The molecule has 2 aromatic carbocycles. The van der Waals surface area contributed by atoms with Crippen molar-refractivity contribution in [1.29, 1.82) is 0 Å². The average molecular weight is 548 g/mol. The van der Waals surface area contributed by atoms with E-state index >= 15 is 0 Å². The van der Waals surface area contributed by atoms with Gasteiger partial charge in [-0.3, -0.25) is 9.59 Å². The van der Waals surface area contributed by atoms with Crippen molar-refractivity contribution in [1.82, 2.24) is 25.1 Å². The highest BCUT2D eigenvalue weighted by Gasteiger charge is 2.50. The molecule has 2 heterocycles. The normalized spacial score (nSPS) is 20.2. The third kappa shape index (κ3) is 5.79. The number of hydrogen-bond donors (Lipinski definition) is 1. The number of nitrogens with one attached hydrogen (secondary N) is 1. The first-order valence-corrected chi connectivity index (χ1v) is 12.9. The van der Waals surface area contributed by atoms with Gasteiger partial charge >= 0.3 is 6.03 Å². The lowest BCUT2D eigenvalue weighted by molar-refractivity contribution is -0.188. The maximum absolute atomic E-state index is 13.5. The van der Waals surface area contributed by atoms with Crippen LogP contribution in [0.5, 0.6) is 5.75 Å². The van der Waals surface area contributed by atoms with Crippen LogP contribution >= 0.6 is 23.2 Å². The van der Waals surface area contributed by atoms with Crippen LogP contribution in [-0.4, -0.2) is 77.1 Å². The summed E-state index contributed by atoms with van der Waals surface area (Å²) in [4.78, 5) is 43.4. The van der Waals surface area contributed by atoms with Crippen LogP contribution in [0, 0.1) is 0 Å². The van der Waals surface area contributed by atoms with Crippen molar-refractivity contribution in [3.8, 4) is 5.75 Å². The number of rotatable bonds is 7. The number of hydrogen-bond acceptors (Lipinski definition) is 5. The van der Waals surface area contributed by atoms with Gasteiger partial charge in [0.25, 0.3) is 0 Å². The zero-order valence-electron chi connectivity index (χ0n) is 21.1. The summed E-state index contributed by atoms with van der Waals surface area (Å²) in [6, 6.07) is 11.7. The number of fused-ring (bicyclic) bond motifs is 1. The lowest BCUT2D eigenvalue weighted by Crippen LogP contribution is -2.75. The minimum Gasteiger partial charge on any atom is -0.497 e. The number of carbonyl (C=O) groups is 3. The number of methoxy groups -OCH3 is 1. The molecule has 0 saturated carbocycles. The van der Waals surface area contributed by atoms with E-state index in [1.165, 1.54) is 0 Å². The Morgan fingerprint density at radius 2 is 1.78 bits per heavy atom. The highest BCUT2D eigenvalue weighted by atomic mass is 35.5. The van der Waals surface area contributed by atoms with Crippen LogP contribution in [0.2, 0.25) is 10.0 Å². The Hall–Kier alpha value is -3.01. The molecule has 2 atom stereocenters. The topological polar surface area (TPSA) is 85.4 Å². The van der Waals surface area contributed by atoms with Crippen molar-refractivity contribution >= 4 is 41.0 Å². The van der Waals surface area contributed by atoms with Crippen molar-refractivity contribution in [2.75, 3.05) is 27.2 Å². The zero-order valence-corrected chi connectivity index (χ0v) is 22.6. The van der Waals surface area contributed by atoms with Gasteiger partial charge in [0.2, 0.25) is 11.8 Å². The molecule has 0 aromatic heterocycles. The predicted octanol–water partition coefficient (Wildman–Crippen LogP) is 3.74. The number of halogens is 2. The molecule has 2 fully saturated rings. The summed E-state index contributed by atoms with van der Waals surface area (Å²) in [5, 5.41) is 6.95. The number of benzene rings is 2. The summed E-state index contributed by atoms with van der Waals surface area (Å²) in [5.74, 6) is 0.421. The number of likely N-dealkylation sites (N-methyl/N-ethyl adjacent to an activating group) is 1. The molecule has 0 bridgehead atoms. The number of carbonyl (C=O) groups excluding carboxylic acids is 3. The second kappa shape index (κ2) is 11.6. The quantitative estimate of drug-likeness (QED) is 0.570. The van der Waals surface area contributed by atoms with Crippen LogP contribution in [0.4, 0.5) is 4.79 Å². The molecule has 2 aromatic rings. The Kier molecular flexibility index (Phi) is 8.46. The fourth-order valence-electron chi connectivity index (χ4n) is 4.86. The number of piperazine rings is 1. The third-order valence-electron chi connectivity index (χ3n) is 6.67. The van der Waals surface area contributed by atoms with Crippen molar-refractivity contribution in [2.45, 2.75) is 45.1 Å². The molecule has 2 aliphatic heterocycles. The molecule has 37 heavy (non-hydrogen) atoms. The van der Waals surface area contributed by atoms with Crippen molar-refractivity contribution in [2.24, 2.45) is 0 Å². The first-order valence-electron chi connectivity index (χ1n) is 12.2. The van der Waals surface area contributed by atoms with Crippen LogP contribution in [-0.2, 0) is 22.7 Å². The molecular weight excluding hydrogens is 517 g/mol. The smallest absolute Gasteiger partial charge is 0.334 e. The maximum atomic E-state index is 13.5. The molecule has 1 N–H and O–H groups in total. The second-order valence-electron chi connectivity index (χ2n) is 9.22. The molecule has 198 valence electrons. The Morgan fingerprint density at radius 3 is 2.43 bits per heavy atom. The van der Waals surface area contributed by atoms with Crippen molar-refractivity contribution in [3.63, 3.8) is 0 Å². The summed E-state index contributed by atoms with van der Waals surface area (Å²) < 4.78 is 5.19. The first kappa shape index (κ1) is 27.0. The molecule has 4 rings (SSSR count). The number of nitrogens with zero attached hydrogens (tertiary/aromatic N) is 4. The van der Waals surface area contributed by atoms with E-state index in [9.17, 15) is 14.4 Å². The highest BCUT2D eigenvalue weighted by molar-refractivity contribution is 6.42. The van der Waals surface area contributed by atoms with Crippen LogP contribution in [0.15, 0.2) is 42.5 Å². The predicted molar refractivity (Wildman–Crippen MR) is 141 cm³/mol. The van der Waals surface area contributed by atoms with Gasteiger partial charge in [0.1, 0.15) is 18.0 Å². The third-order valence-corrected chi connectivity index (χ3v) is 7.41. The minimum atomic E-state index is -0.649. The molecule has 2 saturated heterocycles. The van der Waals surface area contributed by atoms with Gasteiger partial charge in [0.15, 0.2) is 0 Å². The van der Waals surface area contributed by atoms with E-state index in [0.717, 1.165) is 16.9 Å². The fourth-order valence-corrected chi connectivity index (χ4v) is 5.18. The molecule has 0 radical (unpaired) electrons. The lowest BCUT2D eigenvalue weighted by atomic mass is 10.0. The van der Waals surface area contributed by atoms with Gasteiger partial charge in [-0.15, -0.1) is 0 Å². The molecular formula is C26H31Cl2N5O4. The first-order chi connectivity index (χ1) is 17.7. The summed E-state index contributed by atoms with van der Waals surface area (Å²) in [6.07, 6.45) is 0.580. The van der Waals surface area contributed by atoms with E-state index in [4.69, 9.17) is 27.9 Å². The maximum Gasteiger partial charge on any atom is 0.334 e. The monoisotopic (exact) mass is 547 g/mol. The lowest BCUT2D eigenvalue weighted by Gasteiger charge is -2.54. The van der Waals surface area contributed by atoms with Gasteiger partial charge < -0.3 is 19.9 Å². The largest absolute Gasteiger partial charge is 0.497 e. The van der Waals surface area contributed by atoms with E-state index in [1.54, 1.807) is 46.1 Å². The highest BCUT2D eigenvalue weighted by Crippen LogP contribution is 2.30. The Balaban J connectivity index is 1.57. The van der Waals surface area contributed by atoms with Crippen LogP contribution in [0.1, 0.15) is 30.9 Å². The Morgan fingerprint density at radius 1 is 1.08 bits per heavy atom. The molecule has 9 nitrogen and oxygen atoms in total. The molecule has 11 heteroatoms. The van der Waals surface area contributed by atoms with Gasteiger partial charge in [-0.2, -0.15) is 0 Å². The number of urea groups is 1. The van der Waals surface area contributed by atoms with E-state index in [-0.39, 0.29) is 30.9 Å². The fraction of sp³-hybridized carbons (Fsp3) is 0.423. The van der Waals surface area contributed by atoms with Gasteiger partial charge in [0.05, 0.1) is 30.2 Å². The minimum absolute atomic E-state index is 0.00669. The molecule has 4 amide bonds. The number of ether oxygens (including phenoxy) is 1. The molecule has 0 unspecified atom stereocenters. The van der Waals surface area contributed by atoms with E-state index in [0.29, 0.717) is 36.0 Å². The zero-order chi connectivity index (χ0) is 26.7. The number of hydrazine groups is 1. The van der Waals surface area contributed by atoms with Crippen LogP contribution in [0.25, 0.3) is 0 Å². The number of amides is 4. The Bertz CT molecular complexity index is 1160. The van der Waals surface area contributed by atoms with Crippen molar-refractivity contribution in [3.05, 3.63) is 63.6 Å². The van der Waals surface area contributed by atoms with E-state index < -0.39 is 12.2 Å². The SMILES string of the molecule is CCC[C@H]1C(=O)N(Cc2ccc(Cl)c(Cl)c2)C[C@H]2N1C(=O)CN(C)N2C(=O)NCc1ccc(OC)cc1. The summed E-state index contributed by atoms with van der Waals surface area (Å²) in [6.45, 7) is 2.75. The standard InChI is InChI=1S/C26H31Cl2N5O4/c1-4-5-22-25(35)31(14-18-8-11-20(27)21(28)12-18)15-23-32(22)24(34)16-30(2)33(23)26(36)29-13-17-6-9-19(37-3)10-7-17/h6-12,22-23H,4-5,13-16H2,1-3H3,(H,29,36)/t22-,23-/m0/s1. The van der Waals surface area contributed by atoms with E-state index in [1.807, 2.05) is 37.3 Å². The summed E-state index contributed by atoms with van der Waals surface area (Å²) in [5.41, 5.74) is 1.73. The van der Waals surface area contributed by atoms with Crippen molar-refractivity contribution < 1.29 is 19.1 Å². The molecule has 0 spiro atoms. The summed E-state index contributed by atoms with van der Waals surface area (Å²) in [7, 11) is 3.30. The average Bonchev–Trinajstić information content (AvgIpc) is 2.87. The van der Waals surface area contributed by atoms with E-state index in [2.05, 4.69) is 5.32 Å². The molecule has 2 aliphatic rings. The van der Waals surface area contributed by atoms with Gasteiger partial charge in [-0.25, -0.2) is 14.8 Å². The van der Waals surface area contributed by atoms with Gasteiger partial charge in [0, 0.05) is 20.1 Å². The van der Waals surface area contributed by atoms with Crippen LogP contribution < -0.4 is 10.1 Å². The van der Waals surface area contributed by atoms with Gasteiger partial charge in [-0.1, -0.05) is 54.7 Å². The van der Waals surface area contributed by atoms with Gasteiger partial charge in [-0.05, 0) is 41.8 Å². The van der Waals surface area contributed by atoms with Crippen LogP contribution in [0.3, 0.4) is 0 Å². The Labute approximate surface area is 226 Å².